The number of hydrogen-bond acceptors (Lipinski definition) is 6. The molecule has 25 heavy (non-hydrogen) atoms. The lowest BCUT2D eigenvalue weighted by Crippen LogP contribution is -2.53. The Hall–Kier alpha value is -1.38. The minimum Gasteiger partial charge on any atom is -0.338 e. The summed E-state index contributed by atoms with van der Waals surface area (Å²) in [4.78, 5) is 39.3. The van der Waals surface area contributed by atoms with Crippen LogP contribution in [0.2, 0.25) is 0 Å². The molecule has 0 unspecified atom stereocenters. The average molecular weight is 371 g/mol. The highest BCUT2D eigenvalue weighted by atomic mass is 32.2. The highest BCUT2D eigenvalue weighted by Gasteiger charge is 2.23. The quantitative estimate of drug-likeness (QED) is 0.552. The molecule has 0 bridgehead atoms. The van der Waals surface area contributed by atoms with Crippen molar-refractivity contribution in [2.45, 2.75) is 25.8 Å². The minimum atomic E-state index is -0.201. The van der Waals surface area contributed by atoms with Crippen molar-refractivity contribution in [3.05, 3.63) is 12.7 Å². The van der Waals surface area contributed by atoms with Gasteiger partial charge in [-0.2, -0.15) is 0 Å². The van der Waals surface area contributed by atoms with E-state index in [4.69, 9.17) is 0 Å². The lowest BCUT2D eigenvalue weighted by atomic mass is 10.1. The van der Waals surface area contributed by atoms with Crippen molar-refractivity contribution in [1.29, 1.82) is 0 Å². The van der Waals surface area contributed by atoms with Crippen LogP contribution in [0.3, 0.4) is 0 Å². The van der Waals surface area contributed by atoms with Crippen LogP contribution in [-0.2, 0) is 9.59 Å². The topological polar surface area (TPSA) is 81.8 Å². The second-order valence-electron chi connectivity index (χ2n) is 6.12. The number of thioether (sulfide) groups is 1. The van der Waals surface area contributed by atoms with E-state index < -0.39 is 0 Å². The van der Waals surface area contributed by atoms with Crippen LogP contribution in [0.1, 0.15) is 19.8 Å². The molecule has 0 aromatic carbocycles. The molecule has 0 radical (unpaired) electrons. The summed E-state index contributed by atoms with van der Waals surface area (Å²) in [6, 6.07) is -0.355. The molecular formula is C17H30N4O3S. The second-order valence-corrected chi connectivity index (χ2v) is 7.39. The first-order valence-electron chi connectivity index (χ1n) is 8.65. The monoisotopic (exact) mass is 370 g/mol. The summed E-state index contributed by atoms with van der Waals surface area (Å²) in [7, 11) is 2.00. The average Bonchev–Trinajstić information content (AvgIpc) is 2.57. The van der Waals surface area contributed by atoms with Crippen LogP contribution in [0.4, 0.5) is 4.79 Å². The molecule has 1 rings (SSSR count). The van der Waals surface area contributed by atoms with Gasteiger partial charge in [-0.1, -0.05) is 17.8 Å². The number of carbonyl (C=O) groups is 3. The van der Waals surface area contributed by atoms with Crippen molar-refractivity contribution in [3.8, 4) is 0 Å². The molecule has 2 N–H and O–H groups in total. The fourth-order valence-electron chi connectivity index (χ4n) is 2.55. The smallest absolute Gasteiger partial charge is 0.317 e. The van der Waals surface area contributed by atoms with Gasteiger partial charge in [0.25, 0.3) is 0 Å². The van der Waals surface area contributed by atoms with Gasteiger partial charge in [-0.25, -0.2) is 4.79 Å². The summed E-state index contributed by atoms with van der Waals surface area (Å²) in [5.41, 5.74) is 0. The molecule has 1 saturated heterocycles. The SMILES string of the molecule is C=CCCN(CCSC(C)=O)C(=O)NCCC(=O)[C@@H]1CN(C)CCN1. The maximum atomic E-state index is 12.3. The lowest BCUT2D eigenvalue weighted by molar-refractivity contribution is -0.121. The second kappa shape index (κ2) is 12.1. The van der Waals surface area contributed by atoms with Gasteiger partial charge in [0.05, 0.1) is 6.04 Å². The van der Waals surface area contributed by atoms with Gasteiger partial charge in [-0.15, -0.1) is 6.58 Å². The highest BCUT2D eigenvalue weighted by molar-refractivity contribution is 8.13. The number of carbonyl (C=O) groups excluding carboxylic acids is 3. The Bertz CT molecular complexity index is 473. The van der Waals surface area contributed by atoms with Crippen LogP contribution in [0.15, 0.2) is 12.7 Å². The van der Waals surface area contributed by atoms with Crippen LogP contribution >= 0.6 is 11.8 Å². The summed E-state index contributed by atoms with van der Waals surface area (Å²) in [5, 5.41) is 6.07. The Morgan fingerprint density at radius 1 is 1.40 bits per heavy atom. The van der Waals surface area contributed by atoms with E-state index in [2.05, 4.69) is 22.1 Å². The number of urea groups is 1. The maximum Gasteiger partial charge on any atom is 0.317 e. The van der Waals surface area contributed by atoms with Gasteiger partial charge < -0.3 is 20.4 Å². The van der Waals surface area contributed by atoms with E-state index in [-0.39, 0.29) is 23.0 Å². The summed E-state index contributed by atoms with van der Waals surface area (Å²) in [5.74, 6) is 0.688. The summed E-state index contributed by atoms with van der Waals surface area (Å²) in [6.45, 7) is 9.01. The number of ketones is 1. The number of rotatable bonds is 10. The van der Waals surface area contributed by atoms with Gasteiger partial charge in [-0.3, -0.25) is 9.59 Å². The van der Waals surface area contributed by atoms with E-state index in [9.17, 15) is 14.4 Å². The molecule has 1 fully saturated rings. The van der Waals surface area contributed by atoms with Crippen LogP contribution in [0, 0.1) is 0 Å². The van der Waals surface area contributed by atoms with Gasteiger partial charge in [0.2, 0.25) is 0 Å². The number of nitrogens with one attached hydrogen (secondary N) is 2. The predicted molar refractivity (Wildman–Crippen MR) is 102 cm³/mol. The lowest BCUT2D eigenvalue weighted by Gasteiger charge is -2.30. The first-order valence-corrected chi connectivity index (χ1v) is 9.64. The molecule has 8 heteroatoms. The zero-order valence-electron chi connectivity index (χ0n) is 15.3. The molecule has 0 aromatic rings. The minimum absolute atomic E-state index is 0.0413. The van der Waals surface area contributed by atoms with Gasteiger partial charge in [0.15, 0.2) is 10.9 Å². The van der Waals surface area contributed by atoms with Crippen molar-refractivity contribution in [2.75, 3.05) is 52.1 Å². The highest BCUT2D eigenvalue weighted by Crippen LogP contribution is 2.04. The molecule has 1 aliphatic heterocycles. The van der Waals surface area contributed by atoms with E-state index in [0.717, 1.165) is 13.1 Å². The molecule has 1 aliphatic rings. The number of Topliss-reactive ketones (excluding diaryl/α,β-unsaturated/α-hetero) is 1. The van der Waals surface area contributed by atoms with Crippen molar-refractivity contribution in [1.82, 2.24) is 20.4 Å². The zero-order chi connectivity index (χ0) is 18.7. The van der Waals surface area contributed by atoms with Crippen molar-refractivity contribution < 1.29 is 14.4 Å². The molecular weight excluding hydrogens is 340 g/mol. The first kappa shape index (κ1) is 21.7. The van der Waals surface area contributed by atoms with Crippen LogP contribution in [0.5, 0.6) is 0 Å². The zero-order valence-corrected chi connectivity index (χ0v) is 16.1. The van der Waals surface area contributed by atoms with Crippen LogP contribution < -0.4 is 10.6 Å². The Morgan fingerprint density at radius 3 is 2.80 bits per heavy atom. The van der Waals surface area contributed by atoms with Crippen molar-refractivity contribution in [2.24, 2.45) is 0 Å². The largest absolute Gasteiger partial charge is 0.338 e. The third-order valence-corrected chi connectivity index (χ3v) is 4.76. The Morgan fingerprint density at radius 2 is 2.16 bits per heavy atom. The Kier molecular flexibility index (Phi) is 10.4. The summed E-state index contributed by atoms with van der Waals surface area (Å²) < 4.78 is 0. The number of nitrogens with zero attached hydrogens (tertiary/aromatic N) is 2. The molecule has 0 saturated carbocycles. The molecule has 1 atom stereocenters. The molecule has 0 spiro atoms. The van der Waals surface area contributed by atoms with Gasteiger partial charge >= 0.3 is 6.03 Å². The standard InChI is InChI=1S/C17H30N4O3S/c1-4-5-9-21(11-12-25-14(2)22)17(24)19-7-6-16(23)15-13-20(3)10-8-18-15/h4,15,18H,1,5-13H2,2-3H3,(H,19,24)/t15-/m0/s1. The molecule has 1 heterocycles. The van der Waals surface area contributed by atoms with E-state index in [1.807, 2.05) is 7.05 Å². The van der Waals surface area contributed by atoms with E-state index in [1.54, 1.807) is 11.0 Å². The van der Waals surface area contributed by atoms with E-state index >= 15 is 0 Å². The Labute approximate surface area is 154 Å². The van der Waals surface area contributed by atoms with E-state index in [1.165, 1.54) is 18.7 Å². The number of amides is 2. The molecule has 0 aliphatic carbocycles. The fraction of sp³-hybridized carbons (Fsp3) is 0.706. The Balaban J connectivity index is 2.35. The summed E-state index contributed by atoms with van der Waals surface area (Å²) in [6.07, 6.45) is 2.76. The van der Waals surface area contributed by atoms with Gasteiger partial charge in [0, 0.05) is 58.4 Å². The molecule has 2 amide bonds. The van der Waals surface area contributed by atoms with Crippen molar-refractivity contribution in [3.63, 3.8) is 0 Å². The normalized spacial score (nSPS) is 17.8. The number of hydrogen-bond donors (Lipinski definition) is 2. The third kappa shape index (κ3) is 9.04. The molecule has 0 aromatic heterocycles. The van der Waals surface area contributed by atoms with E-state index in [0.29, 0.717) is 44.8 Å². The first-order chi connectivity index (χ1) is 11.9. The molecule has 142 valence electrons. The maximum absolute atomic E-state index is 12.3. The molecule has 7 nitrogen and oxygen atoms in total. The predicted octanol–water partition coefficient (Wildman–Crippen LogP) is 0.717. The number of piperazine rings is 1. The van der Waals surface area contributed by atoms with Gasteiger partial charge in [-0.05, 0) is 13.5 Å². The van der Waals surface area contributed by atoms with Gasteiger partial charge in [0.1, 0.15) is 0 Å². The number of likely N-dealkylation sites (N-methyl/N-ethyl adjacent to an activating group) is 1. The van der Waals surface area contributed by atoms with Crippen LogP contribution in [-0.4, -0.2) is 84.8 Å². The third-order valence-electron chi connectivity index (χ3n) is 3.97. The fourth-order valence-corrected chi connectivity index (χ4v) is 3.15. The summed E-state index contributed by atoms with van der Waals surface area (Å²) >= 11 is 1.20. The van der Waals surface area contributed by atoms with Crippen molar-refractivity contribution >= 4 is 28.7 Å². The van der Waals surface area contributed by atoms with Crippen LogP contribution in [0.25, 0.3) is 0 Å².